The summed E-state index contributed by atoms with van der Waals surface area (Å²) >= 11 is 0. The van der Waals surface area contributed by atoms with Gasteiger partial charge >= 0.3 is 11.9 Å². The maximum atomic E-state index is 12.6. The standard InChI is InChI=1S/C19H18N6O5/c1-19(17(29)30,10-4-2-9(3-5-10)16(27)28)7-12(26)6-11-8-22-15-13(23-11)14(20)24-18(21)25-15/h2-5,8H,6-7H2,1H3,(H,27,28)(H,29,30)(H4,20,21,22,24,25). The number of aromatic carboxylic acids is 1. The Morgan fingerprint density at radius 1 is 1.03 bits per heavy atom. The van der Waals surface area contributed by atoms with Crippen LogP contribution in [0.25, 0.3) is 11.2 Å². The second kappa shape index (κ2) is 7.70. The lowest BCUT2D eigenvalue weighted by atomic mass is 9.77. The normalized spacial score (nSPS) is 13.0. The van der Waals surface area contributed by atoms with Crippen molar-refractivity contribution in [2.45, 2.75) is 25.2 Å². The lowest BCUT2D eigenvalue weighted by Gasteiger charge is -2.24. The lowest BCUT2D eigenvalue weighted by molar-refractivity contribution is -0.145. The van der Waals surface area contributed by atoms with Crippen LogP contribution in [0.5, 0.6) is 0 Å². The van der Waals surface area contributed by atoms with E-state index in [0.29, 0.717) is 5.56 Å². The molecular weight excluding hydrogens is 392 g/mol. The summed E-state index contributed by atoms with van der Waals surface area (Å²) in [5, 5.41) is 18.7. The molecule has 0 bridgehead atoms. The summed E-state index contributed by atoms with van der Waals surface area (Å²) in [7, 11) is 0. The third kappa shape index (κ3) is 3.99. The molecule has 0 aliphatic carbocycles. The van der Waals surface area contributed by atoms with Gasteiger partial charge in [-0.15, -0.1) is 0 Å². The number of aromatic nitrogens is 4. The predicted octanol–water partition coefficient (Wildman–Crippen LogP) is 0.827. The highest BCUT2D eigenvalue weighted by Crippen LogP contribution is 2.29. The molecule has 1 atom stereocenters. The Kier molecular flexibility index (Phi) is 5.28. The van der Waals surface area contributed by atoms with Crippen LogP contribution in [-0.4, -0.2) is 47.9 Å². The summed E-state index contributed by atoms with van der Waals surface area (Å²) in [5.41, 5.74) is 10.7. The van der Waals surface area contributed by atoms with Crippen LogP contribution in [0.2, 0.25) is 0 Å². The van der Waals surface area contributed by atoms with E-state index in [1.807, 2.05) is 0 Å². The van der Waals surface area contributed by atoms with E-state index in [9.17, 15) is 19.5 Å². The first-order valence-corrected chi connectivity index (χ1v) is 8.73. The number of nitrogen functional groups attached to an aromatic ring is 2. The summed E-state index contributed by atoms with van der Waals surface area (Å²) < 4.78 is 0. The molecule has 1 unspecified atom stereocenters. The van der Waals surface area contributed by atoms with Crippen molar-refractivity contribution in [1.82, 2.24) is 19.9 Å². The van der Waals surface area contributed by atoms with Crippen LogP contribution in [0.15, 0.2) is 30.5 Å². The first-order valence-electron chi connectivity index (χ1n) is 8.73. The first-order chi connectivity index (χ1) is 14.1. The highest BCUT2D eigenvalue weighted by Gasteiger charge is 2.37. The second-order valence-corrected chi connectivity index (χ2v) is 6.91. The van der Waals surface area contributed by atoms with Crippen molar-refractivity contribution in [3.05, 3.63) is 47.3 Å². The van der Waals surface area contributed by atoms with Gasteiger partial charge in [0.25, 0.3) is 0 Å². The number of aliphatic carboxylic acids is 1. The zero-order valence-corrected chi connectivity index (χ0v) is 15.9. The number of benzene rings is 1. The minimum Gasteiger partial charge on any atom is -0.481 e. The van der Waals surface area contributed by atoms with Gasteiger partial charge in [0.2, 0.25) is 5.95 Å². The fraction of sp³-hybridized carbons (Fsp3) is 0.211. The van der Waals surface area contributed by atoms with Crippen molar-refractivity contribution < 1.29 is 24.6 Å². The fourth-order valence-electron chi connectivity index (χ4n) is 3.01. The maximum Gasteiger partial charge on any atom is 0.335 e. The van der Waals surface area contributed by atoms with Crippen molar-refractivity contribution >= 4 is 40.7 Å². The molecular formula is C19H18N6O5. The van der Waals surface area contributed by atoms with E-state index in [0.717, 1.165) is 0 Å². The molecule has 3 rings (SSSR count). The van der Waals surface area contributed by atoms with Gasteiger partial charge in [0.05, 0.1) is 29.3 Å². The lowest BCUT2D eigenvalue weighted by Crippen LogP contribution is -2.35. The van der Waals surface area contributed by atoms with Gasteiger partial charge in [-0.05, 0) is 24.6 Å². The summed E-state index contributed by atoms with van der Waals surface area (Å²) in [4.78, 5) is 51.6. The molecule has 0 radical (unpaired) electrons. The smallest absolute Gasteiger partial charge is 0.335 e. The predicted molar refractivity (Wildman–Crippen MR) is 106 cm³/mol. The Morgan fingerprint density at radius 3 is 2.30 bits per heavy atom. The number of hydrogen-bond acceptors (Lipinski definition) is 9. The molecule has 0 spiro atoms. The Bertz CT molecular complexity index is 1160. The second-order valence-electron chi connectivity index (χ2n) is 6.91. The third-order valence-electron chi connectivity index (χ3n) is 4.67. The Balaban J connectivity index is 1.84. The molecule has 3 aromatic rings. The SMILES string of the molecule is CC(CC(=O)Cc1cnc2nc(N)nc(N)c2n1)(C(=O)O)c1ccc(C(=O)O)cc1. The van der Waals surface area contributed by atoms with Gasteiger partial charge in [0.15, 0.2) is 17.0 Å². The Hall–Kier alpha value is -4.15. The zero-order chi connectivity index (χ0) is 22.1. The van der Waals surface area contributed by atoms with Gasteiger partial charge in [-0.1, -0.05) is 12.1 Å². The Morgan fingerprint density at radius 2 is 1.70 bits per heavy atom. The van der Waals surface area contributed by atoms with Crippen molar-refractivity contribution in [2.75, 3.05) is 11.5 Å². The van der Waals surface area contributed by atoms with E-state index in [1.165, 1.54) is 37.4 Å². The molecule has 0 aliphatic heterocycles. The minimum absolute atomic E-state index is 0.0182. The van der Waals surface area contributed by atoms with Crippen LogP contribution in [0.4, 0.5) is 11.8 Å². The maximum absolute atomic E-state index is 12.6. The average Bonchev–Trinajstić information content (AvgIpc) is 2.68. The van der Waals surface area contributed by atoms with E-state index in [1.54, 1.807) is 0 Å². The average molecular weight is 410 g/mol. The molecule has 0 saturated heterocycles. The molecule has 154 valence electrons. The Labute approximate surface area is 169 Å². The van der Waals surface area contributed by atoms with E-state index in [-0.39, 0.29) is 47.0 Å². The number of nitrogens with zero attached hydrogens (tertiary/aromatic N) is 4. The number of carboxylic acids is 2. The number of hydrogen-bond donors (Lipinski definition) is 4. The third-order valence-corrected chi connectivity index (χ3v) is 4.67. The summed E-state index contributed by atoms with van der Waals surface area (Å²) in [6.07, 6.45) is 0.830. The molecule has 6 N–H and O–H groups in total. The molecule has 1 aromatic carbocycles. The van der Waals surface area contributed by atoms with Gasteiger partial charge in [0.1, 0.15) is 5.78 Å². The number of Topliss-reactive ketones (excluding diaryl/α,β-unsaturated/α-hetero) is 1. The largest absolute Gasteiger partial charge is 0.481 e. The number of anilines is 2. The van der Waals surface area contributed by atoms with Crippen LogP contribution in [0, 0.1) is 0 Å². The number of nitrogens with two attached hydrogens (primary N) is 2. The number of carboxylic acid groups (broad SMARTS) is 2. The highest BCUT2D eigenvalue weighted by molar-refractivity contribution is 5.92. The number of carbonyl (C=O) groups excluding carboxylic acids is 1. The van der Waals surface area contributed by atoms with Crippen LogP contribution in [0.1, 0.15) is 35.0 Å². The fourth-order valence-corrected chi connectivity index (χ4v) is 3.01. The van der Waals surface area contributed by atoms with Gasteiger partial charge in [-0.2, -0.15) is 9.97 Å². The van der Waals surface area contributed by atoms with Crippen LogP contribution < -0.4 is 11.5 Å². The molecule has 30 heavy (non-hydrogen) atoms. The van der Waals surface area contributed by atoms with E-state index < -0.39 is 23.1 Å². The molecule has 0 fully saturated rings. The van der Waals surface area contributed by atoms with Gasteiger partial charge < -0.3 is 21.7 Å². The molecule has 0 aliphatic rings. The van der Waals surface area contributed by atoms with Gasteiger partial charge in [-0.25, -0.2) is 14.8 Å². The van der Waals surface area contributed by atoms with Gasteiger partial charge in [-0.3, -0.25) is 9.59 Å². The number of fused-ring (bicyclic) bond motifs is 1. The van der Waals surface area contributed by atoms with Crippen molar-refractivity contribution in [3.63, 3.8) is 0 Å². The van der Waals surface area contributed by atoms with Crippen molar-refractivity contribution in [3.8, 4) is 0 Å². The van der Waals surface area contributed by atoms with Crippen molar-refractivity contribution in [2.24, 2.45) is 0 Å². The summed E-state index contributed by atoms with van der Waals surface area (Å²) in [5.74, 6) is -2.77. The highest BCUT2D eigenvalue weighted by atomic mass is 16.4. The van der Waals surface area contributed by atoms with E-state index in [4.69, 9.17) is 16.6 Å². The van der Waals surface area contributed by atoms with Crippen LogP contribution in [0.3, 0.4) is 0 Å². The summed E-state index contributed by atoms with van der Waals surface area (Å²) in [6, 6.07) is 5.38. The molecule has 11 nitrogen and oxygen atoms in total. The summed E-state index contributed by atoms with van der Waals surface area (Å²) in [6.45, 7) is 1.41. The van der Waals surface area contributed by atoms with Crippen molar-refractivity contribution in [1.29, 1.82) is 0 Å². The quantitative estimate of drug-likeness (QED) is 0.430. The number of rotatable bonds is 7. The zero-order valence-electron chi connectivity index (χ0n) is 15.9. The monoisotopic (exact) mass is 410 g/mol. The topological polar surface area (TPSA) is 195 Å². The first kappa shape index (κ1) is 20.6. The molecule has 11 heteroatoms. The number of carbonyl (C=O) groups is 3. The van der Waals surface area contributed by atoms with E-state index in [2.05, 4.69) is 19.9 Å². The van der Waals surface area contributed by atoms with Crippen LogP contribution in [-0.2, 0) is 21.4 Å². The minimum atomic E-state index is -1.55. The molecule has 2 heterocycles. The molecule has 0 saturated carbocycles. The molecule has 2 aromatic heterocycles. The van der Waals surface area contributed by atoms with Crippen LogP contribution >= 0.6 is 0 Å². The molecule has 0 amide bonds. The van der Waals surface area contributed by atoms with E-state index >= 15 is 0 Å². The number of ketones is 1. The van der Waals surface area contributed by atoms with Gasteiger partial charge in [0, 0.05) is 6.42 Å².